The average Bonchev–Trinajstić information content (AvgIpc) is 3.85. The summed E-state index contributed by atoms with van der Waals surface area (Å²) in [6, 6.07) is 54.7. The second-order valence-corrected chi connectivity index (χ2v) is 13.8. The molecule has 3 aliphatic carbocycles. The molecule has 1 heterocycles. The van der Waals surface area contributed by atoms with Gasteiger partial charge < -0.3 is 4.90 Å². The standard InChI is InChI=1S/C45H27NO2S/c47-42-34-19-7-8-20-35(34)43(48)37(42)26-31-27-41-44(49-31)36-24-23-30(46(28-13-3-1-4-14-28)29-15-5-2-6-16-29)25-40(36)45(41)38-21-11-9-17-32(38)33-18-10-12-22-39(33)45/h1-27H. The summed E-state index contributed by atoms with van der Waals surface area (Å²) in [5.74, 6) is -0.403. The van der Waals surface area contributed by atoms with Crippen molar-refractivity contribution in [3.05, 3.63) is 202 Å². The summed E-state index contributed by atoms with van der Waals surface area (Å²) in [5.41, 5.74) is 12.4. The molecule has 6 aromatic carbocycles. The summed E-state index contributed by atoms with van der Waals surface area (Å²) in [6.07, 6.45) is 1.81. The first-order valence-electron chi connectivity index (χ1n) is 16.4. The summed E-state index contributed by atoms with van der Waals surface area (Å²) in [6.45, 7) is 0. The van der Waals surface area contributed by atoms with E-state index in [2.05, 4.69) is 126 Å². The molecule has 1 aromatic heterocycles. The minimum Gasteiger partial charge on any atom is -0.310 e. The highest BCUT2D eigenvalue weighted by atomic mass is 32.1. The zero-order valence-corrected chi connectivity index (χ0v) is 27.1. The first kappa shape index (κ1) is 28.0. The van der Waals surface area contributed by atoms with Crippen molar-refractivity contribution in [1.29, 1.82) is 0 Å². The van der Waals surface area contributed by atoms with Gasteiger partial charge in [0.1, 0.15) is 0 Å². The lowest BCUT2D eigenvalue weighted by atomic mass is 9.71. The van der Waals surface area contributed by atoms with Crippen molar-refractivity contribution in [2.24, 2.45) is 0 Å². The maximum Gasteiger partial charge on any atom is 0.197 e. The third-order valence-corrected chi connectivity index (χ3v) is 11.4. The molecule has 4 heteroatoms. The number of allylic oxidation sites excluding steroid dienone is 1. The maximum atomic E-state index is 13.4. The van der Waals surface area contributed by atoms with Gasteiger partial charge in [-0.15, -0.1) is 11.3 Å². The summed E-state index contributed by atoms with van der Waals surface area (Å²) in [5, 5.41) is 0. The van der Waals surface area contributed by atoms with Crippen LogP contribution in [0.15, 0.2) is 163 Å². The Bertz CT molecular complexity index is 2420. The SMILES string of the molecule is O=C1C(=Cc2cc3c(s2)-c2ccc(N(c4ccccc4)c4ccccc4)cc2C32c3ccccc3-c3ccccc32)C(=O)c2ccccc21. The van der Waals surface area contributed by atoms with Crippen LogP contribution in [0.5, 0.6) is 0 Å². The van der Waals surface area contributed by atoms with Crippen LogP contribution in [0.1, 0.15) is 47.8 Å². The lowest BCUT2D eigenvalue weighted by Gasteiger charge is -2.32. The minimum absolute atomic E-state index is 0.201. The largest absolute Gasteiger partial charge is 0.310 e. The van der Waals surface area contributed by atoms with Gasteiger partial charge in [-0.2, -0.15) is 0 Å². The summed E-state index contributed by atoms with van der Waals surface area (Å²) in [7, 11) is 0. The number of nitrogens with zero attached hydrogens (tertiary/aromatic N) is 1. The van der Waals surface area contributed by atoms with E-state index < -0.39 is 5.41 Å². The molecule has 7 aromatic rings. The molecule has 10 rings (SSSR count). The third kappa shape index (κ3) is 3.83. The van der Waals surface area contributed by atoms with Crippen LogP contribution in [0, 0.1) is 0 Å². The van der Waals surface area contributed by atoms with Crippen molar-refractivity contribution < 1.29 is 9.59 Å². The van der Waals surface area contributed by atoms with E-state index in [1.165, 1.54) is 43.8 Å². The zero-order chi connectivity index (χ0) is 32.7. The molecule has 3 aliphatic rings. The molecule has 0 saturated heterocycles. The lowest BCUT2D eigenvalue weighted by molar-refractivity contribution is 0.0990. The van der Waals surface area contributed by atoms with E-state index in [-0.39, 0.29) is 17.1 Å². The number of ketones is 2. The number of Topliss-reactive ketones (excluding diaryl/α,β-unsaturated/α-hetero) is 2. The quantitative estimate of drug-likeness (QED) is 0.141. The van der Waals surface area contributed by atoms with Crippen LogP contribution in [-0.2, 0) is 5.41 Å². The number of thiophene rings is 1. The number of carbonyl (C=O) groups is 2. The van der Waals surface area contributed by atoms with Crippen LogP contribution < -0.4 is 4.90 Å². The van der Waals surface area contributed by atoms with E-state index in [9.17, 15) is 9.59 Å². The number of anilines is 3. The monoisotopic (exact) mass is 645 g/mol. The van der Waals surface area contributed by atoms with Gasteiger partial charge in [0.25, 0.3) is 0 Å². The summed E-state index contributed by atoms with van der Waals surface area (Å²) < 4.78 is 0. The Balaban J connectivity index is 1.23. The summed E-state index contributed by atoms with van der Waals surface area (Å²) in [4.78, 5) is 31.2. The van der Waals surface area contributed by atoms with Gasteiger partial charge in [-0.05, 0) is 87.5 Å². The van der Waals surface area contributed by atoms with Gasteiger partial charge in [0.2, 0.25) is 0 Å². The normalized spacial score (nSPS) is 14.3. The predicted octanol–water partition coefficient (Wildman–Crippen LogP) is 11.0. The molecule has 0 atom stereocenters. The van der Waals surface area contributed by atoms with E-state index in [0.717, 1.165) is 21.9 Å². The lowest BCUT2D eigenvalue weighted by Crippen LogP contribution is -2.26. The molecule has 0 bridgehead atoms. The molecule has 230 valence electrons. The molecule has 0 unspecified atom stereocenters. The number of carbonyl (C=O) groups excluding carboxylic acids is 2. The molecule has 3 nitrogen and oxygen atoms in total. The molecule has 0 amide bonds. The minimum atomic E-state index is -0.563. The second kappa shape index (κ2) is 10.4. The second-order valence-electron chi connectivity index (χ2n) is 12.7. The Morgan fingerprint density at radius 2 is 0.959 bits per heavy atom. The van der Waals surface area contributed by atoms with Gasteiger partial charge in [0.05, 0.1) is 11.0 Å². The van der Waals surface area contributed by atoms with Gasteiger partial charge in [0, 0.05) is 37.9 Å². The molecule has 0 N–H and O–H groups in total. The van der Waals surface area contributed by atoms with Crippen molar-refractivity contribution in [3.8, 4) is 21.6 Å². The maximum absolute atomic E-state index is 13.4. The Kier molecular flexibility index (Phi) is 5.96. The fraction of sp³-hybridized carbons (Fsp3) is 0.0222. The highest BCUT2D eigenvalue weighted by Gasteiger charge is 2.52. The van der Waals surface area contributed by atoms with E-state index in [0.29, 0.717) is 11.1 Å². The molecular weight excluding hydrogens is 619 g/mol. The van der Waals surface area contributed by atoms with Crippen LogP contribution in [0.4, 0.5) is 17.1 Å². The van der Waals surface area contributed by atoms with Gasteiger partial charge >= 0.3 is 0 Å². The van der Waals surface area contributed by atoms with Crippen molar-refractivity contribution >= 4 is 46.0 Å². The molecule has 0 radical (unpaired) electrons. The van der Waals surface area contributed by atoms with Crippen LogP contribution in [0.25, 0.3) is 27.6 Å². The molecule has 49 heavy (non-hydrogen) atoms. The number of para-hydroxylation sites is 2. The van der Waals surface area contributed by atoms with Crippen molar-refractivity contribution in [1.82, 2.24) is 0 Å². The molecule has 0 aliphatic heterocycles. The molecule has 1 spiro atoms. The molecule has 0 fully saturated rings. The average molecular weight is 646 g/mol. The van der Waals surface area contributed by atoms with Gasteiger partial charge in [-0.3, -0.25) is 9.59 Å². The van der Waals surface area contributed by atoms with Crippen LogP contribution in [0.3, 0.4) is 0 Å². The topological polar surface area (TPSA) is 37.4 Å². The van der Waals surface area contributed by atoms with Crippen molar-refractivity contribution in [2.45, 2.75) is 5.41 Å². The predicted molar refractivity (Wildman–Crippen MR) is 198 cm³/mol. The molecular formula is C45H27NO2S. The summed E-state index contributed by atoms with van der Waals surface area (Å²) >= 11 is 1.66. The van der Waals surface area contributed by atoms with E-state index in [1.807, 2.05) is 30.3 Å². The fourth-order valence-corrected chi connectivity index (χ4v) is 9.45. The number of hydrogen-bond donors (Lipinski definition) is 0. The van der Waals surface area contributed by atoms with Crippen molar-refractivity contribution in [2.75, 3.05) is 4.90 Å². The van der Waals surface area contributed by atoms with E-state index >= 15 is 0 Å². The van der Waals surface area contributed by atoms with Gasteiger partial charge in [-0.25, -0.2) is 0 Å². The van der Waals surface area contributed by atoms with E-state index in [4.69, 9.17) is 0 Å². The zero-order valence-electron chi connectivity index (χ0n) is 26.3. The Morgan fingerprint density at radius 1 is 0.449 bits per heavy atom. The first-order valence-corrected chi connectivity index (χ1v) is 17.2. The number of benzene rings is 6. The van der Waals surface area contributed by atoms with Crippen LogP contribution >= 0.6 is 11.3 Å². The Morgan fingerprint density at radius 3 is 1.53 bits per heavy atom. The Labute approximate surface area is 288 Å². The fourth-order valence-electron chi connectivity index (χ4n) is 8.25. The first-order chi connectivity index (χ1) is 24.1. The smallest absolute Gasteiger partial charge is 0.197 e. The highest BCUT2D eigenvalue weighted by Crippen LogP contribution is 2.65. The van der Waals surface area contributed by atoms with Crippen LogP contribution in [0.2, 0.25) is 0 Å². The Hall–Kier alpha value is -6.10. The van der Waals surface area contributed by atoms with Crippen LogP contribution in [-0.4, -0.2) is 11.6 Å². The van der Waals surface area contributed by atoms with Gasteiger partial charge in [-0.1, -0.05) is 115 Å². The van der Waals surface area contributed by atoms with Gasteiger partial charge in [0.15, 0.2) is 11.6 Å². The third-order valence-electron chi connectivity index (χ3n) is 10.2. The number of rotatable bonds is 4. The number of hydrogen-bond acceptors (Lipinski definition) is 4. The number of fused-ring (bicyclic) bond motifs is 11. The van der Waals surface area contributed by atoms with E-state index in [1.54, 1.807) is 23.5 Å². The molecule has 0 saturated carbocycles. The highest BCUT2D eigenvalue weighted by molar-refractivity contribution is 7.16. The van der Waals surface area contributed by atoms with Crippen molar-refractivity contribution in [3.63, 3.8) is 0 Å².